The van der Waals surface area contributed by atoms with Gasteiger partial charge in [-0.3, -0.25) is 4.72 Å². The fourth-order valence-corrected chi connectivity index (χ4v) is 2.80. The topological polar surface area (TPSA) is 74.8 Å². The van der Waals surface area contributed by atoms with Crippen molar-refractivity contribution in [3.8, 4) is 0 Å². The third-order valence-electron chi connectivity index (χ3n) is 2.40. The Labute approximate surface area is 110 Å². The van der Waals surface area contributed by atoms with Gasteiger partial charge in [-0.15, -0.1) is 0 Å². The van der Waals surface area contributed by atoms with E-state index in [1.54, 1.807) is 32.0 Å². The van der Waals surface area contributed by atoms with Crippen LogP contribution in [0.2, 0.25) is 5.02 Å². The number of imidazole rings is 1. The van der Waals surface area contributed by atoms with Crippen LogP contribution in [0, 0.1) is 13.8 Å². The molecule has 7 heteroatoms. The molecular formula is C11H12ClN3O2S. The molecule has 0 saturated heterocycles. The number of aromatic nitrogens is 2. The number of nitrogens with zero attached hydrogens (tertiary/aromatic N) is 1. The monoisotopic (exact) mass is 285 g/mol. The Kier molecular flexibility index (Phi) is 3.32. The molecule has 0 amide bonds. The van der Waals surface area contributed by atoms with E-state index in [0.29, 0.717) is 16.5 Å². The lowest BCUT2D eigenvalue weighted by molar-refractivity contribution is 0.598. The quantitative estimate of drug-likeness (QED) is 0.910. The first-order valence-electron chi connectivity index (χ1n) is 5.19. The van der Waals surface area contributed by atoms with Crippen LogP contribution in [-0.2, 0) is 10.0 Å². The van der Waals surface area contributed by atoms with Crippen molar-refractivity contribution in [2.75, 3.05) is 4.72 Å². The highest BCUT2D eigenvalue weighted by molar-refractivity contribution is 7.92. The largest absolute Gasteiger partial charge is 0.332 e. The molecule has 0 bridgehead atoms. The highest BCUT2D eigenvalue weighted by atomic mass is 35.5. The molecule has 5 nitrogen and oxygen atoms in total. The first-order chi connectivity index (χ1) is 8.38. The third kappa shape index (κ3) is 2.65. The van der Waals surface area contributed by atoms with Crippen LogP contribution in [0.25, 0.3) is 0 Å². The maximum atomic E-state index is 12.0. The van der Waals surface area contributed by atoms with Crippen LogP contribution in [0.1, 0.15) is 11.4 Å². The van der Waals surface area contributed by atoms with Crippen LogP contribution < -0.4 is 4.72 Å². The Hall–Kier alpha value is -1.53. The average Bonchev–Trinajstić information content (AvgIpc) is 2.70. The smallest absolute Gasteiger partial charge is 0.278 e. The molecule has 0 aliphatic rings. The van der Waals surface area contributed by atoms with Crippen molar-refractivity contribution in [2.45, 2.75) is 18.9 Å². The maximum absolute atomic E-state index is 12.0. The molecule has 2 N–H and O–H groups in total. The number of aryl methyl sites for hydroxylation is 2. The molecule has 96 valence electrons. The molecule has 1 heterocycles. The van der Waals surface area contributed by atoms with Crippen molar-refractivity contribution >= 4 is 27.3 Å². The Morgan fingerprint density at radius 2 is 2.06 bits per heavy atom. The second kappa shape index (κ2) is 4.62. The van der Waals surface area contributed by atoms with E-state index < -0.39 is 10.0 Å². The van der Waals surface area contributed by atoms with E-state index in [0.717, 1.165) is 5.56 Å². The predicted octanol–water partition coefficient (Wildman–Crippen LogP) is 2.48. The lowest BCUT2D eigenvalue weighted by atomic mass is 10.2. The van der Waals surface area contributed by atoms with Crippen LogP contribution in [0.3, 0.4) is 0 Å². The number of anilines is 1. The second-order valence-corrected chi connectivity index (χ2v) is 5.98. The Morgan fingerprint density at radius 1 is 1.33 bits per heavy atom. The van der Waals surface area contributed by atoms with Crippen LogP contribution in [0.5, 0.6) is 0 Å². The number of rotatable bonds is 3. The Balaban J connectivity index is 2.33. The summed E-state index contributed by atoms with van der Waals surface area (Å²) in [6, 6.07) is 4.95. The van der Waals surface area contributed by atoms with E-state index in [2.05, 4.69) is 14.7 Å². The van der Waals surface area contributed by atoms with Gasteiger partial charge in [0.05, 0.1) is 11.9 Å². The van der Waals surface area contributed by atoms with Gasteiger partial charge in [0.1, 0.15) is 5.82 Å². The summed E-state index contributed by atoms with van der Waals surface area (Å²) < 4.78 is 26.6. The van der Waals surface area contributed by atoms with Gasteiger partial charge in [-0.25, -0.2) is 4.98 Å². The molecule has 2 aromatic rings. The molecule has 1 aromatic carbocycles. The first-order valence-corrected chi connectivity index (χ1v) is 7.05. The summed E-state index contributed by atoms with van der Waals surface area (Å²) in [5, 5.41) is 0.599. The zero-order valence-corrected chi connectivity index (χ0v) is 11.4. The van der Waals surface area contributed by atoms with Crippen molar-refractivity contribution < 1.29 is 8.42 Å². The Bertz CT molecular complexity index is 679. The van der Waals surface area contributed by atoms with Crippen molar-refractivity contribution in [2.24, 2.45) is 0 Å². The number of nitrogens with one attached hydrogen (secondary N) is 2. The van der Waals surface area contributed by atoms with Crippen molar-refractivity contribution in [3.05, 3.63) is 40.8 Å². The van der Waals surface area contributed by atoms with Gasteiger partial charge in [0.15, 0.2) is 5.03 Å². The van der Waals surface area contributed by atoms with Crippen LogP contribution in [-0.4, -0.2) is 18.4 Å². The van der Waals surface area contributed by atoms with Gasteiger partial charge in [-0.1, -0.05) is 11.6 Å². The lowest BCUT2D eigenvalue weighted by Gasteiger charge is -2.09. The summed E-state index contributed by atoms with van der Waals surface area (Å²) in [6.45, 7) is 3.47. The molecule has 2 rings (SSSR count). The molecule has 0 atom stereocenters. The zero-order valence-electron chi connectivity index (χ0n) is 9.86. The number of hydrogen-bond acceptors (Lipinski definition) is 3. The minimum Gasteiger partial charge on any atom is -0.332 e. The van der Waals surface area contributed by atoms with Gasteiger partial charge in [0.25, 0.3) is 10.0 Å². The number of hydrogen-bond donors (Lipinski definition) is 2. The molecule has 0 radical (unpaired) electrons. The standard InChI is InChI=1S/C11H12ClN3O2S/c1-7-5-9(12)3-4-10(7)15-18(16,17)11-6-13-8(2)14-11/h3-6,15H,1-2H3,(H,13,14). The van der Waals surface area contributed by atoms with Gasteiger partial charge in [0, 0.05) is 5.02 Å². The molecule has 0 saturated carbocycles. The average molecular weight is 286 g/mol. The summed E-state index contributed by atoms with van der Waals surface area (Å²) in [6.07, 6.45) is 1.28. The molecule has 0 fully saturated rings. The van der Waals surface area contributed by atoms with Gasteiger partial charge in [-0.2, -0.15) is 8.42 Å². The minimum atomic E-state index is -3.64. The van der Waals surface area contributed by atoms with Gasteiger partial charge >= 0.3 is 0 Å². The molecule has 0 aliphatic heterocycles. The number of sulfonamides is 1. The number of halogens is 1. The predicted molar refractivity (Wildman–Crippen MR) is 70.3 cm³/mol. The van der Waals surface area contributed by atoms with E-state index >= 15 is 0 Å². The summed E-state index contributed by atoms with van der Waals surface area (Å²) in [5.74, 6) is 0.545. The van der Waals surface area contributed by atoms with Gasteiger partial charge < -0.3 is 4.98 Å². The summed E-state index contributed by atoms with van der Waals surface area (Å²) in [4.78, 5) is 6.54. The molecular weight excluding hydrogens is 274 g/mol. The molecule has 0 aliphatic carbocycles. The highest BCUT2D eigenvalue weighted by Crippen LogP contribution is 2.22. The third-order valence-corrected chi connectivity index (χ3v) is 3.91. The van der Waals surface area contributed by atoms with E-state index in [-0.39, 0.29) is 5.03 Å². The normalized spacial score (nSPS) is 11.5. The van der Waals surface area contributed by atoms with Crippen molar-refractivity contribution in [1.82, 2.24) is 9.97 Å². The molecule has 0 unspecified atom stereocenters. The van der Waals surface area contributed by atoms with E-state index in [4.69, 9.17) is 11.6 Å². The minimum absolute atomic E-state index is 0.0364. The van der Waals surface area contributed by atoms with Crippen LogP contribution in [0.15, 0.2) is 29.4 Å². The van der Waals surface area contributed by atoms with Gasteiger partial charge in [0.2, 0.25) is 0 Å². The van der Waals surface area contributed by atoms with Crippen LogP contribution >= 0.6 is 11.6 Å². The second-order valence-electron chi connectivity index (χ2n) is 3.90. The number of benzene rings is 1. The lowest BCUT2D eigenvalue weighted by Crippen LogP contribution is -2.14. The summed E-state index contributed by atoms with van der Waals surface area (Å²) in [5.41, 5.74) is 1.24. The van der Waals surface area contributed by atoms with E-state index in [1.165, 1.54) is 6.20 Å². The number of H-pyrrole nitrogens is 1. The molecule has 1 aromatic heterocycles. The first kappa shape index (κ1) is 12.9. The summed E-state index contributed by atoms with van der Waals surface area (Å²) >= 11 is 5.82. The summed E-state index contributed by atoms with van der Waals surface area (Å²) in [7, 11) is -3.64. The Morgan fingerprint density at radius 3 is 2.61 bits per heavy atom. The zero-order chi connectivity index (χ0) is 13.3. The van der Waals surface area contributed by atoms with Crippen molar-refractivity contribution in [3.63, 3.8) is 0 Å². The fourth-order valence-electron chi connectivity index (χ4n) is 1.48. The number of aromatic amines is 1. The molecule has 18 heavy (non-hydrogen) atoms. The van der Waals surface area contributed by atoms with Gasteiger partial charge in [-0.05, 0) is 37.6 Å². The maximum Gasteiger partial charge on any atom is 0.278 e. The van der Waals surface area contributed by atoms with Crippen molar-refractivity contribution in [1.29, 1.82) is 0 Å². The molecule has 0 spiro atoms. The highest BCUT2D eigenvalue weighted by Gasteiger charge is 2.17. The van der Waals surface area contributed by atoms with E-state index in [1.807, 2.05) is 0 Å². The van der Waals surface area contributed by atoms with Crippen LogP contribution in [0.4, 0.5) is 5.69 Å². The SMILES string of the molecule is Cc1ncc(S(=O)(=O)Nc2ccc(Cl)cc2C)[nH]1. The fraction of sp³-hybridized carbons (Fsp3) is 0.182. The van der Waals surface area contributed by atoms with E-state index in [9.17, 15) is 8.42 Å².